The number of nitrogens with zero attached hydrogens (tertiary/aromatic N) is 2. The third-order valence-corrected chi connectivity index (χ3v) is 2.98. The lowest BCUT2D eigenvalue weighted by molar-refractivity contribution is -0.384. The van der Waals surface area contributed by atoms with E-state index < -0.39 is 4.92 Å². The maximum Gasteiger partial charge on any atom is 0.269 e. The number of allylic oxidation sites excluding steroid dienone is 1. The van der Waals surface area contributed by atoms with Crippen molar-refractivity contribution < 1.29 is 4.92 Å². The van der Waals surface area contributed by atoms with Crippen molar-refractivity contribution >= 4 is 18.0 Å². The van der Waals surface area contributed by atoms with Gasteiger partial charge in [-0.15, -0.1) is 0 Å². The molecule has 0 saturated carbocycles. The number of hydrogen-bond acceptors (Lipinski definition) is 3. The molecule has 21 heavy (non-hydrogen) atoms. The molecular formula is C17H16N2O2. The van der Waals surface area contributed by atoms with Crippen molar-refractivity contribution in [1.82, 2.24) is 0 Å². The molecule has 4 heteroatoms. The van der Waals surface area contributed by atoms with Crippen LogP contribution in [0.4, 0.5) is 5.69 Å². The van der Waals surface area contributed by atoms with Crippen LogP contribution in [0.25, 0.3) is 6.08 Å². The zero-order chi connectivity index (χ0) is 15.1. The number of hydrogen-bond donors (Lipinski definition) is 0. The first kappa shape index (κ1) is 14.7. The largest absolute Gasteiger partial charge is 0.288 e. The molecule has 0 aromatic heterocycles. The fourth-order valence-corrected chi connectivity index (χ4v) is 1.77. The quantitative estimate of drug-likeness (QED) is 0.468. The third-order valence-electron chi connectivity index (χ3n) is 2.98. The second kappa shape index (κ2) is 7.14. The summed E-state index contributed by atoms with van der Waals surface area (Å²) >= 11 is 0. The van der Waals surface area contributed by atoms with Crippen LogP contribution in [-0.2, 0) is 6.54 Å². The third kappa shape index (κ3) is 4.69. The molecule has 0 N–H and O–H groups in total. The molecule has 0 aliphatic carbocycles. The molecule has 0 aliphatic heterocycles. The number of aryl methyl sites for hydroxylation is 1. The summed E-state index contributed by atoms with van der Waals surface area (Å²) in [5.41, 5.74) is 3.41. The Bertz CT molecular complexity index is 656. The SMILES string of the molecule is Cc1ccc(/C=C/C=NCc2ccc([N+](=O)[O-])cc2)cc1. The number of non-ortho nitro benzene ring substituents is 1. The van der Waals surface area contributed by atoms with Gasteiger partial charge in [-0.3, -0.25) is 15.1 Å². The molecule has 0 spiro atoms. The average Bonchev–Trinajstić information content (AvgIpc) is 2.49. The van der Waals surface area contributed by atoms with Crippen LogP contribution in [0.15, 0.2) is 59.6 Å². The minimum atomic E-state index is -0.405. The molecule has 0 aliphatic rings. The van der Waals surface area contributed by atoms with E-state index in [0.717, 1.165) is 11.1 Å². The van der Waals surface area contributed by atoms with Crippen LogP contribution in [0.3, 0.4) is 0 Å². The highest BCUT2D eigenvalue weighted by molar-refractivity contribution is 5.78. The Labute approximate surface area is 123 Å². The molecule has 0 atom stereocenters. The molecule has 0 saturated heterocycles. The number of benzene rings is 2. The second-order valence-corrected chi connectivity index (χ2v) is 4.68. The second-order valence-electron chi connectivity index (χ2n) is 4.68. The minimum absolute atomic E-state index is 0.0991. The zero-order valence-electron chi connectivity index (χ0n) is 11.8. The molecule has 0 fully saturated rings. The van der Waals surface area contributed by atoms with Crippen LogP contribution >= 0.6 is 0 Å². The molecule has 106 valence electrons. The first-order chi connectivity index (χ1) is 10.1. The Morgan fingerprint density at radius 2 is 1.76 bits per heavy atom. The minimum Gasteiger partial charge on any atom is -0.288 e. The molecule has 4 nitrogen and oxygen atoms in total. The van der Waals surface area contributed by atoms with Crippen molar-refractivity contribution in [2.75, 3.05) is 0 Å². The molecule has 0 radical (unpaired) electrons. The van der Waals surface area contributed by atoms with Gasteiger partial charge < -0.3 is 0 Å². The Morgan fingerprint density at radius 1 is 1.10 bits per heavy atom. The fourth-order valence-electron chi connectivity index (χ4n) is 1.77. The molecule has 0 heterocycles. The highest BCUT2D eigenvalue weighted by Gasteiger charge is 2.02. The van der Waals surface area contributed by atoms with E-state index in [-0.39, 0.29) is 5.69 Å². The van der Waals surface area contributed by atoms with Gasteiger partial charge in [0.2, 0.25) is 0 Å². The van der Waals surface area contributed by atoms with E-state index in [9.17, 15) is 10.1 Å². The van der Waals surface area contributed by atoms with Gasteiger partial charge >= 0.3 is 0 Å². The van der Waals surface area contributed by atoms with Crippen LogP contribution in [0.5, 0.6) is 0 Å². The maximum atomic E-state index is 10.5. The van der Waals surface area contributed by atoms with Gasteiger partial charge in [0.15, 0.2) is 0 Å². The predicted octanol–water partition coefficient (Wildman–Crippen LogP) is 4.19. The Hall–Kier alpha value is -2.75. The van der Waals surface area contributed by atoms with Crippen LogP contribution in [-0.4, -0.2) is 11.1 Å². The number of nitro groups is 1. The molecule has 2 rings (SSSR count). The van der Waals surface area contributed by atoms with E-state index in [4.69, 9.17) is 0 Å². The monoisotopic (exact) mass is 280 g/mol. The lowest BCUT2D eigenvalue weighted by Crippen LogP contribution is -1.88. The summed E-state index contributed by atoms with van der Waals surface area (Å²) in [4.78, 5) is 14.4. The van der Waals surface area contributed by atoms with E-state index in [2.05, 4.69) is 36.2 Å². The Balaban J connectivity index is 1.87. The van der Waals surface area contributed by atoms with E-state index in [0.29, 0.717) is 6.54 Å². The van der Waals surface area contributed by atoms with Crippen molar-refractivity contribution in [1.29, 1.82) is 0 Å². The van der Waals surface area contributed by atoms with Gasteiger partial charge in [0.1, 0.15) is 0 Å². The summed E-state index contributed by atoms with van der Waals surface area (Å²) in [7, 11) is 0. The van der Waals surface area contributed by atoms with Gasteiger partial charge in [0.05, 0.1) is 11.5 Å². The van der Waals surface area contributed by atoms with Gasteiger partial charge in [-0.05, 0) is 24.1 Å². The smallest absolute Gasteiger partial charge is 0.269 e. The maximum absolute atomic E-state index is 10.5. The van der Waals surface area contributed by atoms with Crippen molar-refractivity contribution in [3.05, 3.63) is 81.4 Å². The summed E-state index contributed by atoms with van der Waals surface area (Å²) in [6.45, 7) is 2.56. The van der Waals surface area contributed by atoms with E-state index in [1.807, 2.05) is 12.2 Å². The van der Waals surface area contributed by atoms with Gasteiger partial charge in [-0.2, -0.15) is 0 Å². The predicted molar refractivity (Wildman–Crippen MR) is 85.5 cm³/mol. The lowest BCUT2D eigenvalue weighted by atomic mass is 10.1. The topological polar surface area (TPSA) is 55.5 Å². The molecular weight excluding hydrogens is 264 g/mol. The number of nitro benzene ring substituents is 1. The Kier molecular flexibility index (Phi) is 4.99. The lowest BCUT2D eigenvalue weighted by Gasteiger charge is -1.95. The van der Waals surface area contributed by atoms with Crippen molar-refractivity contribution in [2.45, 2.75) is 13.5 Å². The van der Waals surface area contributed by atoms with Gasteiger partial charge in [-0.1, -0.05) is 48.0 Å². The number of rotatable bonds is 5. The first-order valence-electron chi connectivity index (χ1n) is 6.61. The summed E-state index contributed by atoms with van der Waals surface area (Å²) in [6.07, 6.45) is 5.61. The Morgan fingerprint density at radius 3 is 2.38 bits per heavy atom. The summed E-state index contributed by atoms with van der Waals surface area (Å²) in [5, 5.41) is 10.5. The van der Waals surface area contributed by atoms with E-state index >= 15 is 0 Å². The summed E-state index contributed by atoms with van der Waals surface area (Å²) in [5.74, 6) is 0. The van der Waals surface area contributed by atoms with Crippen LogP contribution in [0, 0.1) is 17.0 Å². The van der Waals surface area contributed by atoms with Crippen LogP contribution in [0.1, 0.15) is 16.7 Å². The molecule has 0 amide bonds. The van der Waals surface area contributed by atoms with Crippen molar-refractivity contribution in [3.63, 3.8) is 0 Å². The zero-order valence-corrected chi connectivity index (χ0v) is 11.8. The fraction of sp³-hybridized carbons (Fsp3) is 0.118. The molecule has 0 bridgehead atoms. The van der Waals surface area contributed by atoms with Crippen LogP contribution < -0.4 is 0 Å². The normalized spacial score (nSPS) is 11.3. The van der Waals surface area contributed by atoms with Gasteiger partial charge in [0, 0.05) is 18.3 Å². The highest BCUT2D eigenvalue weighted by atomic mass is 16.6. The molecule has 2 aromatic carbocycles. The standard InChI is InChI=1S/C17H16N2O2/c1-14-4-6-15(7-5-14)3-2-12-18-13-16-8-10-17(11-9-16)19(20)21/h2-12H,13H2,1H3/b3-2+,18-12?. The van der Waals surface area contributed by atoms with E-state index in [1.165, 1.54) is 17.7 Å². The van der Waals surface area contributed by atoms with E-state index in [1.54, 1.807) is 18.3 Å². The summed E-state index contributed by atoms with van der Waals surface area (Å²) < 4.78 is 0. The first-order valence-corrected chi connectivity index (χ1v) is 6.61. The molecule has 0 unspecified atom stereocenters. The molecule has 2 aromatic rings. The van der Waals surface area contributed by atoms with Crippen LogP contribution in [0.2, 0.25) is 0 Å². The summed E-state index contributed by atoms with van der Waals surface area (Å²) in [6, 6.07) is 14.7. The van der Waals surface area contributed by atoms with Crippen molar-refractivity contribution in [2.24, 2.45) is 4.99 Å². The average molecular weight is 280 g/mol. The van der Waals surface area contributed by atoms with Gasteiger partial charge in [0.25, 0.3) is 5.69 Å². The van der Waals surface area contributed by atoms with Crippen molar-refractivity contribution in [3.8, 4) is 0 Å². The highest BCUT2D eigenvalue weighted by Crippen LogP contribution is 2.12. The number of aliphatic imine (C=N–C) groups is 1. The van der Waals surface area contributed by atoms with Gasteiger partial charge in [-0.25, -0.2) is 0 Å².